The third kappa shape index (κ3) is 9.40. The van der Waals surface area contributed by atoms with Crippen LogP contribution in [0.3, 0.4) is 0 Å². The summed E-state index contributed by atoms with van der Waals surface area (Å²) in [6, 6.07) is 0. The smallest absolute Gasteiger partial charge is 0.243 e. The van der Waals surface area contributed by atoms with E-state index < -0.39 is 0 Å². The van der Waals surface area contributed by atoms with E-state index in [4.69, 9.17) is 9.94 Å². The highest BCUT2D eigenvalue weighted by Crippen LogP contribution is 2.47. The van der Waals surface area contributed by atoms with Crippen LogP contribution in [0, 0.1) is 11.8 Å². The minimum absolute atomic E-state index is 0.275. The maximum atomic E-state index is 11.1. The molecule has 0 spiro atoms. The van der Waals surface area contributed by atoms with E-state index in [1.165, 1.54) is 75.0 Å². The number of ether oxygens (including phenoxy) is 1. The van der Waals surface area contributed by atoms with Gasteiger partial charge in [0.1, 0.15) is 0 Å². The van der Waals surface area contributed by atoms with Crippen LogP contribution in [0.4, 0.5) is 0 Å². The topological polar surface area (TPSA) is 58.6 Å². The maximum absolute atomic E-state index is 11.1. The summed E-state index contributed by atoms with van der Waals surface area (Å²) < 4.78 is 6.29. The number of hydrogen-bond acceptors (Lipinski definition) is 5. The number of thioether (sulfide) groups is 2. The minimum atomic E-state index is -0.275. The molecule has 1 amide bonds. The van der Waals surface area contributed by atoms with Gasteiger partial charge in [-0.1, -0.05) is 39.5 Å². The molecule has 4 nitrogen and oxygen atoms in total. The van der Waals surface area contributed by atoms with Crippen molar-refractivity contribution in [2.45, 2.75) is 108 Å². The van der Waals surface area contributed by atoms with Gasteiger partial charge in [0.05, 0.1) is 12.2 Å². The SMILES string of the molecule is CCCCCCSCCCCC1C2CCC(O2)C1CSC(C)CCCC(=O)NO. The summed E-state index contributed by atoms with van der Waals surface area (Å²) in [4.78, 5) is 11.1. The number of fused-ring (bicyclic) bond motifs is 2. The highest BCUT2D eigenvalue weighted by atomic mass is 32.2. The fourth-order valence-corrected chi connectivity index (χ4v) is 7.15. The van der Waals surface area contributed by atoms with Crippen molar-refractivity contribution in [2.75, 3.05) is 17.3 Å². The summed E-state index contributed by atoms with van der Waals surface area (Å²) in [6.45, 7) is 4.54. The van der Waals surface area contributed by atoms with Crippen molar-refractivity contribution in [1.29, 1.82) is 0 Å². The van der Waals surface area contributed by atoms with E-state index in [0.717, 1.165) is 24.7 Å². The number of hydroxylamine groups is 1. The molecule has 0 aliphatic carbocycles. The zero-order valence-electron chi connectivity index (χ0n) is 18.6. The molecular weight excluding hydrogens is 402 g/mol. The summed E-state index contributed by atoms with van der Waals surface area (Å²) in [5.41, 5.74) is 1.72. The van der Waals surface area contributed by atoms with Gasteiger partial charge in [0, 0.05) is 11.7 Å². The molecule has 0 radical (unpaired) electrons. The highest BCUT2D eigenvalue weighted by Gasteiger charge is 2.48. The van der Waals surface area contributed by atoms with E-state index in [1.54, 1.807) is 5.48 Å². The minimum Gasteiger partial charge on any atom is -0.374 e. The standard InChI is InChI=1S/C23H43NO3S2/c1-3-4-5-7-15-28-16-8-6-11-19-20(22-14-13-21(19)27-22)17-29-18(2)10-9-12-23(25)24-26/h18-22,26H,3-17H2,1-2H3,(H,24,25). The van der Waals surface area contributed by atoms with Gasteiger partial charge in [0.15, 0.2) is 0 Å². The van der Waals surface area contributed by atoms with Crippen LogP contribution in [0.1, 0.15) is 90.9 Å². The number of carbonyl (C=O) groups is 1. The fourth-order valence-electron chi connectivity index (χ4n) is 4.78. The van der Waals surface area contributed by atoms with Crippen molar-refractivity contribution < 1.29 is 14.7 Å². The zero-order chi connectivity index (χ0) is 20.9. The van der Waals surface area contributed by atoms with Gasteiger partial charge < -0.3 is 4.74 Å². The average molecular weight is 446 g/mol. The summed E-state index contributed by atoms with van der Waals surface area (Å²) in [7, 11) is 0. The van der Waals surface area contributed by atoms with Gasteiger partial charge in [-0.3, -0.25) is 10.0 Å². The van der Waals surface area contributed by atoms with E-state index in [1.807, 2.05) is 0 Å². The maximum Gasteiger partial charge on any atom is 0.243 e. The Morgan fingerprint density at radius 3 is 2.52 bits per heavy atom. The second-order valence-electron chi connectivity index (χ2n) is 8.86. The molecule has 5 unspecified atom stereocenters. The van der Waals surface area contributed by atoms with Crippen molar-refractivity contribution in [3.05, 3.63) is 0 Å². The molecule has 2 fully saturated rings. The first kappa shape index (κ1) is 25.4. The van der Waals surface area contributed by atoms with Gasteiger partial charge in [0.2, 0.25) is 5.91 Å². The first-order valence-corrected chi connectivity index (χ1v) is 14.1. The third-order valence-electron chi connectivity index (χ3n) is 6.52. The van der Waals surface area contributed by atoms with Gasteiger partial charge in [-0.05, 0) is 74.0 Å². The van der Waals surface area contributed by atoms with E-state index in [9.17, 15) is 4.79 Å². The first-order valence-electron chi connectivity index (χ1n) is 11.9. The van der Waals surface area contributed by atoms with Crippen molar-refractivity contribution in [3.63, 3.8) is 0 Å². The van der Waals surface area contributed by atoms with E-state index in [2.05, 4.69) is 37.4 Å². The normalized spacial score (nSPS) is 26.7. The number of unbranched alkanes of at least 4 members (excludes halogenated alkanes) is 4. The molecule has 2 heterocycles. The Hall–Kier alpha value is 0.0900. The van der Waals surface area contributed by atoms with Crippen molar-refractivity contribution in [3.8, 4) is 0 Å². The van der Waals surface area contributed by atoms with Crippen LogP contribution in [0.15, 0.2) is 0 Å². The third-order valence-corrected chi connectivity index (χ3v) is 9.06. The van der Waals surface area contributed by atoms with Gasteiger partial charge in [-0.2, -0.15) is 23.5 Å². The molecule has 0 aromatic heterocycles. The monoisotopic (exact) mass is 445 g/mol. The number of rotatable bonds is 17. The predicted octanol–water partition coefficient (Wildman–Crippen LogP) is 6.06. The van der Waals surface area contributed by atoms with Crippen LogP contribution in [0.25, 0.3) is 0 Å². The molecule has 2 aliphatic heterocycles. The summed E-state index contributed by atoms with van der Waals surface area (Å²) >= 11 is 4.20. The van der Waals surface area contributed by atoms with Crippen LogP contribution < -0.4 is 5.48 Å². The molecule has 2 rings (SSSR count). The Morgan fingerprint density at radius 1 is 1.07 bits per heavy atom. The number of nitrogens with one attached hydrogen (secondary N) is 1. The Kier molecular flexibility index (Phi) is 13.1. The molecule has 2 aliphatic rings. The van der Waals surface area contributed by atoms with Crippen molar-refractivity contribution >= 4 is 29.4 Å². The quantitative estimate of drug-likeness (QED) is 0.162. The van der Waals surface area contributed by atoms with Crippen LogP contribution in [-0.4, -0.2) is 45.8 Å². The lowest BCUT2D eigenvalue weighted by Crippen LogP contribution is -2.29. The van der Waals surface area contributed by atoms with Crippen LogP contribution in [-0.2, 0) is 9.53 Å². The summed E-state index contributed by atoms with van der Waals surface area (Å²) in [5, 5.41) is 9.14. The van der Waals surface area contributed by atoms with Gasteiger partial charge in [-0.25, -0.2) is 5.48 Å². The fraction of sp³-hybridized carbons (Fsp3) is 0.957. The van der Waals surface area contributed by atoms with Gasteiger partial charge in [-0.15, -0.1) is 0 Å². The van der Waals surface area contributed by atoms with Crippen LogP contribution >= 0.6 is 23.5 Å². The molecule has 2 N–H and O–H groups in total. The molecule has 5 atom stereocenters. The van der Waals surface area contributed by atoms with Crippen molar-refractivity contribution in [2.24, 2.45) is 11.8 Å². The molecule has 6 heteroatoms. The Bertz CT molecular complexity index is 452. The lowest BCUT2D eigenvalue weighted by molar-refractivity contribution is -0.129. The summed E-state index contributed by atoms with van der Waals surface area (Å²) in [5.74, 6) is 5.08. The number of hydrogen-bond donors (Lipinski definition) is 2. The lowest BCUT2D eigenvalue weighted by Gasteiger charge is -2.28. The highest BCUT2D eigenvalue weighted by molar-refractivity contribution is 7.99. The van der Waals surface area contributed by atoms with E-state index in [0.29, 0.717) is 23.9 Å². The average Bonchev–Trinajstić information content (AvgIpc) is 3.32. The van der Waals surface area contributed by atoms with Crippen LogP contribution in [0.5, 0.6) is 0 Å². The molecule has 2 bridgehead atoms. The predicted molar refractivity (Wildman–Crippen MR) is 126 cm³/mol. The largest absolute Gasteiger partial charge is 0.374 e. The summed E-state index contributed by atoms with van der Waals surface area (Å²) in [6.07, 6.45) is 15.4. The van der Waals surface area contributed by atoms with Gasteiger partial charge in [0.25, 0.3) is 0 Å². The molecule has 29 heavy (non-hydrogen) atoms. The van der Waals surface area contributed by atoms with E-state index >= 15 is 0 Å². The Balaban J connectivity index is 1.58. The second kappa shape index (κ2) is 15.0. The molecule has 0 saturated carbocycles. The number of amides is 1. The first-order chi connectivity index (χ1) is 14.2. The van der Waals surface area contributed by atoms with Gasteiger partial charge >= 0.3 is 0 Å². The molecule has 170 valence electrons. The number of carbonyl (C=O) groups excluding carboxylic acids is 1. The van der Waals surface area contributed by atoms with Crippen molar-refractivity contribution in [1.82, 2.24) is 5.48 Å². The zero-order valence-corrected chi connectivity index (χ0v) is 20.2. The Labute approximate surface area is 187 Å². The molecule has 0 aromatic rings. The molecule has 0 aromatic carbocycles. The molecular formula is C23H43NO3S2. The van der Waals surface area contributed by atoms with E-state index in [-0.39, 0.29) is 5.91 Å². The second-order valence-corrected chi connectivity index (χ2v) is 11.6. The Morgan fingerprint density at radius 2 is 1.79 bits per heavy atom. The molecule has 2 saturated heterocycles. The van der Waals surface area contributed by atoms with Crippen LogP contribution in [0.2, 0.25) is 0 Å². The lowest BCUT2D eigenvalue weighted by atomic mass is 9.78.